The monoisotopic (exact) mass is 272 g/mol. The van der Waals surface area contributed by atoms with Gasteiger partial charge in [0.1, 0.15) is 5.82 Å². The van der Waals surface area contributed by atoms with E-state index >= 15 is 0 Å². The van der Waals surface area contributed by atoms with Gasteiger partial charge in [0.15, 0.2) is 0 Å². The van der Waals surface area contributed by atoms with Crippen LogP contribution in [0.5, 0.6) is 0 Å². The molecular formula is C17H21FN2. The first kappa shape index (κ1) is 14.7. The molecule has 20 heavy (non-hydrogen) atoms. The molecule has 0 aliphatic heterocycles. The number of nitrogens with one attached hydrogen (secondary N) is 1. The Kier molecular flexibility index (Phi) is 4.85. The lowest BCUT2D eigenvalue weighted by Crippen LogP contribution is -2.26. The largest absolute Gasteiger partial charge is 0.310 e. The van der Waals surface area contributed by atoms with Gasteiger partial charge >= 0.3 is 0 Å². The molecule has 1 heterocycles. The molecule has 0 radical (unpaired) electrons. The summed E-state index contributed by atoms with van der Waals surface area (Å²) in [5, 5.41) is 3.48. The first-order chi connectivity index (χ1) is 9.63. The molecule has 0 spiro atoms. The van der Waals surface area contributed by atoms with Gasteiger partial charge in [0, 0.05) is 24.4 Å². The van der Waals surface area contributed by atoms with Crippen molar-refractivity contribution in [3.05, 3.63) is 65.2 Å². The lowest BCUT2D eigenvalue weighted by atomic mass is 9.87. The van der Waals surface area contributed by atoms with E-state index in [-0.39, 0.29) is 17.8 Å². The molecule has 0 amide bonds. The molecule has 0 aliphatic rings. The predicted octanol–water partition coefficient (Wildman–Crippen LogP) is 3.98. The van der Waals surface area contributed by atoms with Gasteiger partial charge in [0.05, 0.1) is 0 Å². The number of rotatable bonds is 5. The molecule has 0 saturated heterocycles. The first-order valence-corrected chi connectivity index (χ1v) is 7.02. The maximum absolute atomic E-state index is 13.6. The topological polar surface area (TPSA) is 24.9 Å². The Hall–Kier alpha value is -1.74. The Morgan fingerprint density at radius 3 is 2.55 bits per heavy atom. The van der Waals surface area contributed by atoms with Gasteiger partial charge in [0.2, 0.25) is 0 Å². The molecule has 0 fully saturated rings. The fraction of sp³-hybridized carbons (Fsp3) is 0.353. The van der Waals surface area contributed by atoms with Crippen LogP contribution in [0.3, 0.4) is 0 Å². The van der Waals surface area contributed by atoms with Crippen molar-refractivity contribution in [3.8, 4) is 0 Å². The van der Waals surface area contributed by atoms with E-state index in [2.05, 4.69) is 24.1 Å². The minimum atomic E-state index is -0.185. The normalized spacial score (nSPS) is 14.0. The third kappa shape index (κ3) is 3.23. The lowest BCUT2D eigenvalue weighted by molar-refractivity contribution is 0.474. The van der Waals surface area contributed by atoms with Crippen LogP contribution < -0.4 is 5.32 Å². The number of hydrogen-bond acceptors (Lipinski definition) is 2. The van der Waals surface area contributed by atoms with Gasteiger partial charge in [-0.15, -0.1) is 0 Å². The maximum Gasteiger partial charge on any atom is 0.123 e. The zero-order valence-corrected chi connectivity index (χ0v) is 12.2. The summed E-state index contributed by atoms with van der Waals surface area (Å²) in [6.45, 7) is 7.10. The van der Waals surface area contributed by atoms with Crippen molar-refractivity contribution in [2.75, 3.05) is 6.54 Å². The average Bonchev–Trinajstić information content (AvgIpc) is 2.48. The number of aryl methyl sites for hydroxylation is 1. The second-order valence-electron chi connectivity index (χ2n) is 5.11. The van der Waals surface area contributed by atoms with Crippen LogP contribution in [-0.4, -0.2) is 11.5 Å². The molecule has 2 atom stereocenters. The number of halogens is 1. The van der Waals surface area contributed by atoms with Crippen LogP contribution in [0.1, 0.15) is 42.5 Å². The van der Waals surface area contributed by atoms with Crippen molar-refractivity contribution >= 4 is 0 Å². The minimum Gasteiger partial charge on any atom is -0.310 e. The average molecular weight is 272 g/mol. The molecule has 0 saturated carbocycles. The SMILES string of the molecule is CCNC(c1cc(F)ccc1C)C(C)c1ccncc1. The zero-order valence-electron chi connectivity index (χ0n) is 12.2. The van der Waals surface area contributed by atoms with E-state index in [1.54, 1.807) is 18.5 Å². The minimum absolute atomic E-state index is 0.0955. The Bertz CT molecular complexity index is 554. The summed E-state index contributed by atoms with van der Waals surface area (Å²) in [7, 11) is 0. The van der Waals surface area contributed by atoms with Crippen LogP contribution in [0.2, 0.25) is 0 Å². The summed E-state index contributed by atoms with van der Waals surface area (Å²) in [4.78, 5) is 4.06. The Morgan fingerprint density at radius 1 is 1.20 bits per heavy atom. The summed E-state index contributed by atoms with van der Waals surface area (Å²) in [5.41, 5.74) is 3.34. The quantitative estimate of drug-likeness (QED) is 0.890. The number of hydrogen-bond donors (Lipinski definition) is 1. The van der Waals surface area contributed by atoms with Crippen LogP contribution in [0.4, 0.5) is 4.39 Å². The second kappa shape index (κ2) is 6.62. The third-order valence-electron chi connectivity index (χ3n) is 3.73. The van der Waals surface area contributed by atoms with Crippen molar-refractivity contribution in [3.63, 3.8) is 0 Å². The highest BCUT2D eigenvalue weighted by molar-refractivity contribution is 5.33. The maximum atomic E-state index is 13.6. The van der Waals surface area contributed by atoms with E-state index in [1.807, 2.05) is 25.1 Å². The smallest absolute Gasteiger partial charge is 0.123 e. The van der Waals surface area contributed by atoms with Gasteiger partial charge in [-0.25, -0.2) is 4.39 Å². The van der Waals surface area contributed by atoms with E-state index in [4.69, 9.17) is 0 Å². The molecule has 1 N–H and O–H groups in total. The van der Waals surface area contributed by atoms with Crippen LogP contribution in [0.25, 0.3) is 0 Å². The summed E-state index contributed by atoms with van der Waals surface area (Å²) >= 11 is 0. The van der Waals surface area contributed by atoms with Crippen molar-refractivity contribution < 1.29 is 4.39 Å². The molecule has 106 valence electrons. The highest BCUT2D eigenvalue weighted by Crippen LogP contribution is 2.32. The summed E-state index contributed by atoms with van der Waals surface area (Å²) in [6, 6.07) is 9.12. The molecule has 1 aromatic heterocycles. The molecule has 0 aliphatic carbocycles. The van der Waals surface area contributed by atoms with Crippen LogP contribution >= 0.6 is 0 Å². The van der Waals surface area contributed by atoms with Gasteiger partial charge in [-0.05, 0) is 54.4 Å². The molecule has 2 unspecified atom stereocenters. The Labute approximate surface area is 120 Å². The highest BCUT2D eigenvalue weighted by Gasteiger charge is 2.21. The zero-order chi connectivity index (χ0) is 14.5. The number of aromatic nitrogens is 1. The van der Waals surface area contributed by atoms with Gasteiger partial charge in [-0.1, -0.05) is 19.9 Å². The number of benzene rings is 1. The van der Waals surface area contributed by atoms with E-state index in [1.165, 1.54) is 11.6 Å². The fourth-order valence-corrected chi connectivity index (χ4v) is 2.58. The standard InChI is InChI=1S/C17H21FN2/c1-4-20-17(13(3)14-7-9-19-10-8-14)16-11-15(18)6-5-12(16)2/h5-11,13,17,20H,4H2,1-3H3. The van der Waals surface area contributed by atoms with Gasteiger partial charge in [0.25, 0.3) is 0 Å². The number of pyridine rings is 1. The van der Waals surface area contributed by atoms with E-state index < -0.39 is 0 Å². The van der Waals surface area contributed by atoms with Crippen LogP contribution in [-0.2, 0) is 0 Å². The molecule has 3 heteroatoms. The van der Waals surface area contributed by atoms with Crippen molar-refractivity contribution in [2.45, 2.75) is 32.7 Å². The Balaban J connectivity index is 2.38. The van der Waals surface area contributed by atoms with Crippen LogP contribution in [0.15, 0.2) is 42.7 Å². The van der Waals surface area contributed by atoms with Gasteiger partial charge in [-0.3, -0.25) is 4.98 Å². The van der Waals surface area contributed by atoms with Crippen LogP contribution in [0, 0.1) is 12.7 Å². The van der Waals surface area contributed by atoms with Gasteiger partial charge in [-0.2, -0.15) is 0 Å². The second-order valence-corrected chi connectivity index (χ2v) is 5.11. The summed E-state index contributed by atoms with van der Waals surface area (Å²) in [5.74, 6) is 0.0638. The molecule has 1 aromatic carbocycles. The van der Waals surface area contributed by atoms with Crippen molar-refractivity contribution in [2.24, 2.45) is 0 Å². The molecule has 0 bridgehead atoms. The molecule has 2 rings (SSSR count). The summed E-state index contributed by atoms with van der Waals surface area (Å²) in [6.07, 6.45) is 3.60. The lowest BCUT2D eigenvalue weighted by Gasteiger charge is -2.27. The number of likely N-dealkylation sites (N-methyl/N-ethyl adjacent to an activating group) is 1. The summed E-state index contributed by atoms with van der Waals surface area (Å²) < 4.78 is 13.6. The van der Waals surface area contributed by atoms with Crippen molar-refractivity contribution in [1.82, 2.24) is 10.3 Å². The Morgan fingerprint density at radius 2 is 1.90 bits per heavy atom. The predicted molar refractivity (Wildman–Crippen MR) is 80.2 cm³/mol. The van der Waals surface area contributed by atoms with E-state index in [0.717, 1.165) is 17.7 Å². The third-order valence-corrected chi connectivity index (χ3v) is 3.73. The number of nitrogens with zero attached hydrogens (tertiary/aromatic N) is 1. The van der Waals surface area contributed by atoms with Gasteiger partial charge < -0.3 is 5.32 Å². The fourth-order valence-electron chi connectivity index (χ4n) is 2.58. The molecule has 2 aromatic rings. The van der Waals surface area contributed by atoms with E-state index in [0.29, 0.717) is 0 Å². The van der Waals surface area contributed by atoms with Crippen molar-refractivity contribution in [1.29, 1.82) is 0 Å². The molecule has 2 nitrogen and oxygen atoms in total. The first-order valence-electron chi connectivity index (χ1n) is 7.02. The molecular weight excluding hydrogens is 251 g/mol. The highest BCUT2D eigenvalue weighted by atomic mass is 19.1. The van der Waals surface area contributed by atoms with E-state index in [9.17, 15) is 4.39 Å².